The van der Waals surface area contributed by atoms with Gasteiger partial charge in [0, 0.05) is 0 Å². The topological polar surface area (TPSA) is 0 Å². The molecule has 0 heterocycles. The molecule has 0 fully saturated rings. The van der Waals surface area contributed by atoms with Crippen molar-refractivity contribution in [3.8, 4) is 0 Å². The fourth-order valence-electron chi connectivity index (χ4n) is 2.74. The van der Waals surface area contributed by atoms with Gasteiger partial charge < -0.3 is 0 Å². The Balaban J connectivity index is 2.23. The van der Waals surface area contributed by atoms with Gasteiger partial charge in [0.1, 0.15) is 0 Å². The van der Waals surface area contributed by atoms with Crippen LogP contribution in [0.4, 0.5) is 0 Å². The highest BCUT2D eigenvalue weighted by Gasteiger charge is 2.24. The molecule has 2 aromatic carbocycles. The van der Waals surface area contributed by atoms with E-state index in [1.54, 1.807) is 0 Å². The van der Waals surface area contributed by atoms with Gasteiger partial charge in [0.05, 0.1) is 0 Å². The van der Waals surface area contributed by atoms with E-state index in [9.17, 15) is 0 Å². The molecular formula is C17H18. The minimum atomic E-state index is 0.244. The summed E-state index contributed by atoms with van der Waals surface area (Å²) < 4.78 is 0. The smallest absolute Gasteiger partial charge is 0.00849 e. The third-order valence-corrected chi connectivity index (χ3v) is 3.60. The Bertz CT molecular complexity index is 609. The van der Waals surface area contributed by atoms with Crippen LogP contribution in [0.3, 0.4) is 0 Å². The number of hydrogen-bond acceptors (Lipinski definition) is 0. The lowest BCUT2D eigenvalue weighted by atomic mass is 9.83. The van der Waals surface area contributed by atoms with Gasteiger partial charge in [-0.15, -0.1) is 0 Å². The first-order chi connectivity index (χ1) is 8.05. The summed E-state index contributed by atoms with van der Waals surface area (Å²) >= 11 is 0. The van der Waals surface area contributed by atoms with Gasteiger partial charge in [0.15, 0.2) is 0 Å². The fraction of sp³-hybridized carbons (Fsp3) is 0.294. The number of fused-ring (bicyclic) bond motifs is 2. The molecule has 86 valence electrons. The van der Waals surface area contributed by atoms with Crippen LogP contribution < -0.4 is 0 Å². The standard InChI is InChI=1S/C17H18/c1-17(2,3)16-9-8-14-10-12-6-4-5-7-13(12)11-15(14)16/h4-7,9-11H,8H2,1-3H3. The van der Waals surface area contributed by atoms with Crippen molar-refractivity contribution in [3.05, 3.63) is 53.6 Å². The predicted octanol–water partition coefficient (Wildman–Crippen LogP) is 4.83. The Kier molecular flexibility index (Phi) is 2.16. The molecular weight excluding hydrogens is 204 g/mol. The summed E-state index contributed by atoms with van der Waals surface area (Å²) in [6, 6.07) is 13.3. The number of allylic oxidation sites excluding steroid dienone is 2. The van der Waals surface area contributed by atoms with E-state index in [-0.39, 0.29) is 5.41 Å². The lowest BCUT2D eigenvalue weighted by Crippen LogP contribution is -2.06. The first-order valence-corrected chi connectivity index (χ1v) is 6.28. The molecule has 0 spiro atoms. The van der Waals surface area contributed by atoms with Crippen molar-refractivity contribution < 1.29 is 0 Å². The summed E-state index contributed by atoms with van der Waals surface area (Å²) in [5, 5.41) is 2.71. The third kappa shape index (κ3) is 1.68. The molecule has 0 amide bonds. The first kappa shape index (κ1) is 10.6. The van der Waals surface area contributed by atoms with E-state index >= 15 is 0 Å². The second kappa shape index (κ2) is 3.46. The van der Waals surface area contributed by atoms with Crippen molar-refractivity contribution >= 4 is 16.3 Å². The van der Waals surface area contributed by atoms with Gasteiger partial charge in [0.2, 0.25) is 0 Å². The zero-order chi connectivity index (χ0) is 12.0. The van der Waals surface area contributed by atoms with E-state index in [1.807, 2.05) is 0 Å². The van der Waals surface area contributed by atoms with Crippen molar-refractivity contribution in [2.75, 3.05) is 0 Å². The van der Waals surface area contributed by atoms with Crippen LogP contribution in [0.5, 0.6) is 0 Å². The second-order valence-corrected chi connectivity index (χ2v) is 5.93. The molecule has 2 aromatic rings. The van der Waals surface area contributed by atoms with Gasteiger partial charge in [-0.3, -0.25) is 0 Å². The maximum Gasteiger partial charge on any atom is -0.00849 e. The molecule has 0 nitrogen and oxygen atoms in total. The van der Waals surface area contributed by atoms with E-state index in [4.69, 9.17) is 0 Å². The molecule has 0 aliphatic heterocycles. The molecule has 1 aliphatic rings. The highest BCUT2D eigenvalue weighted by molar-refractivity contribution is 5.90. The van der Waals surface area contributed by atoms with E-state index in [0.717, 1.165) is 6.42 Å². The minimum Gasteiger partial charge on any atom is -0.0758 e. The van der Waals surface area contributed by atoms with Gasteiger partial charge in [-0.05, 0) is 45.4 Å². The highest BCUT2D eigenvalue weighted by atomic mass is 14.3. The van der Waals surface area contributed by atoms with Crippen LogP contribution in [0.25, 0.3) is 16.3 Å². The minimum absolute atomic E-state index is 0.244. The third-order valence-electron chi connectivity index (χ3n) is 3.60. The summed E-state index contributed by atoms with van der Waals surface area (Å²) in [6.07, 6.45) is 3.48. The van der Waals surface area contributed by atoms with Crippen LogP contribution in [0, 0.1) is 5.41 Å². The van der Waals surface area contributed by atoms with Crippen LogP contribution in [-0.2, 0) is 6.42 Å². The molecule has 0 bridgehead atoms. The molecule has 0 aromatic heterocycles. The van der Waals surface area contributed by atoms with Gasteiger partial charge in [-0.25, -0.2) is 0 Å². The molecule has 0 saturated carbocycles. The molecule has 1 aliphatic carbocycles. The summed E-state index contributed by atoms with van der Waals surface area (Å²) in [5.74, 6) is 0. The predicted molar refractivity (Wildman–Crippen MR) is 75.1 cm³/mol. The van der Waals surface area contributed by atoms with Crippen molar-refractivity contribution in [2.45, 2.75) is 27.2 Å². The van der Waals surface area contributed by atoms with Crippen molar-refractivity contribution in [1.29, 1.82) is 0 Å². The average molecular weight is 222 g/mol. The molecule has 17 heavy (non-hydrogen) atoms. The van der Waals surface area contributed by atoms with Crippen LogP contribution in [0.1, 0.15) is 31.9 Å². The Morgan fingerprint density at radius 3 is 2.24 bits per heavy atom. The van der Waals surface area contributed by atoms with Crippen LogP contribution >= 0.6 is 0 Å². The zero-order valence-electron chi connectivity index (χ0n) is 10.7. The first-order valence-electron chi connectivity index (χ1n) is 6.28. The quantitative estimate of drug-likeness (QED) is 0.599. The van der Waals surface area contributed by atoms with Gasteiger partial charge in [0.25, 0.3) is 0 Å². The van der Waals surface area contributed by atoms with Crippen molar-refractivity contribution in [2.24, 2.45) is 5.41 Å². The largest absolute Gasteiger partial charge is 0.0758 e. The maximum atomic E-state index is 2.39. The van der Waals surface area contributed by atoms with Crippen LogP contribution in [0.2, 0.25) is 0 Å². The van der Waals surface area contributed by atoms with Crippen molar-refractivity contribution in [3.63, 3.8) is 0 Å². The van der Waals surface area contributed by atoms with Crippen molar-refractivity contribution in [1.82, 2.24) is 0 Å². The molecule has 0 unspecified atom stereocenters. The lowest BCUT2D eigenvalue weighted by molar-refractivity contribution is 0.568. The lowest BCUT2D eigenvalue weighted by Gasteiger charge is -2.22. The Morgan fingerprint density at radius 2 is 1.59 bits per heavy atom. The molecule has 3 rings (SSSR count). The summed E-state index contributed by atoms with van der Waals surface area (Å²) in [7, 11) is 0. The number of rotatable bonds is 0. The second-order valence-electron chi connectivity index (χ2n) is 5.93. The number of benzene rings is 2. The van der Waals surface area contributed by atoms with Gasteiger partial charge in [-0.1, -0.05) is 57.2 Å². The summed E-state index contributed by atoms with van der Waals surface area (Å²) in [5.41, 5.74) is 4.68. The SMILES string of the molecule is CC(C)(C)C1=CCc2cc3ccccc3cc21. The highest BCUT2D eigenvalue weighted by Crippen LogP contribution is 2.41. The normalized spacial score (nSPS) is 14.9. The Morgan fingerprint density at radius 1 is 0.941 bits per heavy atom. The van der Waals surface area contributed by atoms with Crippen LogP contribution in [0.15, 0.2) is 42.5 Å². The molecule has 0 atom stereocenters. The molecule has 0 saturated heterocycles. The van der Waals surface area contributed by atoms with Gasteiger partial charge in [-0.2, -0.15) is 0 Å². The average Bonchev–Trinajstić information content (AvgIpc) is 2.68. The van der Waals surface area contributed by atoms with Crippen LogP contribution in [-0.4, -0.2) is 0 Å². The molecule has 0 radical (unpaired) electrons. The van der Waals surface area contributed by atoms with Gasteiger partial charge >= 0.3 is 0 Å². The Hall–Kier alpha value is -1.56. The van der Waals surface area contributed by atoms with E-state index in [0.29, 0.717) is 0 Å². The summed E-state index contributed by atoms with van der Waals surface area (Å²) in [6.45, 7) is 6.88. The fourth-order valence-corrected chi connectivity index (χ4v) is 2.74. The Labute approximate surface area is 103 Å². The molecule has 0 heteroatoms. The monoisotopic (exact) mass is 222 g/mol. The summed E-state index contributed by atoms with van der Waals surface area (Å²) in [4.78, 5) is 0. The van der Waals surface area contributed by atoms with E-state index in [1.165, 1.54) is 27.5 Å². The van der Waals surface area contributed by atoms with E-state index in [2.05, 4.69) is 63.2 Å². The number of hydrogen-bond donors (Lipinski definition) is 0. The maximum absolute atomic E-state index is 2.39. The van der Waals surface area contributed by atoms with E-state index < -0.39 is 0 Å². The molecule has 0 N–H and O–H groups in total. The zero-order valence-corrected chi connectivity index (χ0v) is 10.7.